The molecule has 0 fully saturated rings. The molecule has 3 heteroatoms. The Morgan fingerprint density at radius 3 is 2.37 bits per heavy atom. The van der Waals surface area contributed by atoms with E-state index in [4.69, 9.17) is 10.5 Å². The molecule has 104 valence electrons. The Labute approximate surface area is 121 Å². The summed E-state index contributed by atoms with van der Waals surface area (Å²) in [5, 5.41) is 2.40. The summed E-state index contributed by atoms with van der Waals surface area (Å²) >= 11 is 0. The number of rotatable bonds is 4. The molecule has 0 spiro atoms. The Hall–Kier alpha value is -1.25. The first-order valence-electron chi connectivity index (χ1n) is 6.49. The van der Waals surface area contributed by atoms with Crippen LogP contribution in [0.1, 0.15) is 31.9 Å². The Bertz CT molecular complexity index is 541. The summed E-state index contributed by atoms with van der Waals surface area (Å²) in [5.74, 6) is 1.39. The van der Waals surface area contributed by atoms with Gasteiger partial charge in [0, 0.05) is 6.04 Å². The third kappa shape index (κ3) is 3.40. The van der Waals surface area contributed by atoms with Crippen molar-refractivity contribution < 1.29 is 4.74 Å². The van der Waals surface area contributed by atoms with E-state index in [1.165, 1.54) is 16.3 Å². The number of nitrogens with two attached hydrogens (primary N) is 1. The number of halogens is 1. The normalized spacial score (nSPS) is 13.7. The van der Waals surface area contributed by atoms with E-state index in [0.29, 0.717) is 5.92 Å². The van der Waals surface area contributed by atoms with Crippen molar-refractivity contribution in [1.82, 2.24) is 0 Å². The minimum Gasteiger partial charge on any atom is -0.497 e. The van der Waals surface area contributed by atoms with Gasteiger partial charge in [-0.2, -0.15) is 0 Å². The molecule has 0 radical (unpaired) electrons. The molecule has 0 bridgehead atoms. The number of benzene rings is 2. The van der Waals surface area contributed by atoms with E-state index in [1.807, 2.05) is 12.1 Å². The highest BCUT2D eigenvalue weighted by Gasteiger charge is 2.13. The highest BCUT2D eigenvalue weighted by molar-refractivity contribution is 5.85. The highest BCUT2D eigenvalue weighted by atomic mass is 35.5. The number of hydrogen-bond acceptors (Lipinski definition) is 2. The van der Waals surface area contributed by atoms with Crippen molar-refractivity contribution in [2.24, 2.45) is 11.7 Å². The molecular weight excluding hydrogens is 258 g/mol. The first-order chi connectivity index (χ1) is 8.65. The van der Waals surface area contributed by atoms with Crippen molar-refractivity contribution in [3.63, 3.8) is 0 Å². The number of hydrogen-bond donors (Lipinski definition) is 1. The Morgan fingerprint density at radius 1 is 1.11 bits per heavy atom. The van der Waals surface area contributed by atoms with E-state index in [0.717, 1.165) is 12.2 Å². The van der Waals surface area contributed by atoms with Crippen LogP contribution in [0, 0.1) is 5.92 Å². The standard InChI is InChI=1S/C16H21NO.ClH/c1-4-11(2)16(17)14-6-5-13-10-15(18-3)8-7-12(13)9-14;/h5-11,16H,4,17H2,1-3H3;1H/t11?,16-;/m0./s1. The summed E-state index contributed by atoms with van der Waals surface area (Å²) in [6.45, 7) is 4.37. The van der Waals surface area contributed by atoms with Crippen molar-refractivity contribution in [3.8, 4) is 5.75 Å². The molecule has 1 unspecified atom stereocenters. The summed E-state index contributed by atoms with van der Waals surface area (Å²) in [6.07, 6.45) is 1.10. The molecule has 2 N–H and O–H groups in total. The average Bonchev–Trinajstić information content (AvgIpc) is 2.44. The van der Waals surface area contributed by atoms with Crippen molar-refractivity contribution in [3.05, 3.63) is 42.0 Å². The van der Waals surface area contributed by atoms with Gasteiger partial charge in [-0.25, -0.2) is 0 Å². The molecule has 2 aromatic carbocycles. The second-order valence-corrected chi connectivity index (χ2v) is 4.88. The summed E-state index contributed by atoms with van der Waals surface area (Å²) in [4.78, 5) is 0. The molecule has 0 aliphatic heterocycles. The fraction of sp³-hybridized carbons (Fsp3) is 0.375. The third-order valence-corrected chi connectivity index (χ3v) is 3.71. The maximum Gasteiger partial charge on any atom is 0.119 e. The van der Waals surface area contributed by atoms with Gasteiger partial charge in [0.1, 0.15) is 5.75 Å². The van der Waals surface area contributed by atoms with E-state index in [1.54, 1.807) is 7.11 Å². The first kappa shape index (κ1) is 15.8. The topological polar surface area (TPSA) is 35.2 Å². The van der Waals surface area contributed by atoms with Crippen LogP contribution in [0.25, 0.3) is 10.8 Å². The summed E-state index contributed by atoms with van der Waals surface area (Å²) in [7, 11) is 1.69. The van der Waals surface area contributed by atoms with Crippen LogP contribution >= 0.6 is 12.4 Å². The molecule has 19 heavy (non-hydrogen) atoms. The SMILES string of the molecule is CCC(C)[C@H](N)c1ccc2cc(OC)ccc2c1.Cl. The van der Waals surface area contributed by atoms with E-state index in [9.17, 15) is 0 Å². The zero-order valence-electron chi connectivity index (χ0n) is 11.7. The minimum absolute atomic E-state index is 0. The maximum atomic E-state index is 6.27. The highest BCUT2D eigenvalue weighted by Crippen LogP contribution is 2.27. The quantitative estimate of drug-likeness (QED) is 0.905. The van der Waals surface area contributed by atoms with Crippen LogP contribution in [0.5, 0.6) is 5.75 Å². The zero-order chi connectivity index (χ0) is 13.1. The molecular formula is C16H22ClNO. The lowest BCUT2D eigenvalue weighted by Crippen LogP contribution is -2.18. The number of fused-ring (bicyclic) bond motifs is 1. The smallest absolute Gasteiger partial charge is 0.119 e. The molecule has 0 amide bonds. The fourth-order valence-electron chi connectivity index (χ4n) is 2.16. The Balaban J connectivity index is 0.00000180. The van der Waals surface area contributed by atoms with E-state index in [2.05, 4.69) is 38.1 Å². The van der Waals surface area contributed by atoms with E-state index in [-0.39, 0.29) is 18.4 Å². The van der Waals surface area contributed by atoms with Crippen LogP contribution in [-0.2, 0) is 0 Å². The van der Waals surface area contributed by atoms with Gasteiger partial charge in [0.15, 0.2) is 0 Å². The van der Waals surface area contributed by atoms with Gasteiger partial charge >= 0.3 is 0 Å². The fourth-order valence-corrected chi connectivity index (χ4v) is 2.16. The van der Waals surface area contributed by atoms with Crippen LogP contribution in [0.3, 0.4) is 0 Å². The van der Waals surface area contributed by atoms with Crippen molar-refractivity contribution in [2.45, 2.75) is 26.3 Å². The maximum absolute atomic E-state index is 6.27. The van der Waals surface area contributed by atoms with Crippen LogP contribution in [0.15, 0.2) is 36.4 Å². The van der Waals surface area contributed by atoms with Gasteiger partial charge in [0.25, 0.3) is 0 Å². The molecule has 2 rings (SSSR count). The molecule has 0 heterocycles. The predicted molar refractivity (Wildman–Crippen MR) is 84.1 cm³/mol. The van der Waals surface area contributed by atoms with Crippen molar-refractivity contribution in [2.75, 3.05) is 7.11 Å². The second kappa shape index (κ2) is 6.78. The average molecular weight is 280 g/mol. The van der Waals surface area contributed by atoms with Crippen molar-refractivity contribution in [1.29, 1.82) is 0 Å². The largest absolute Gasteiger partial charge is 0.497 e. The second-order valence-electron chi connectivity index (χ2n) is 4.88. The van der Waals surface area contributed by atoms with Gasteiger partial charge < -0.3 is 10.5 Å². The molecule has 0 aliphatic rings. The molecule has 0 saturated carbocycles. The lowest BCUT2D eigenvalue weighted by atomic mass is 9.92. The minimum atomic E-state index is 0. The number of ether oxygens (including phenoxy) is 1. The van der Waals surface area contributed by atoms with E-state index >= 15 is 0 Å². The van der Waals surface area contributed by atoms with E-state index < -0.39 is 0 Å². The summed E-state index contributed by atoms with van der Waals surface area (Å²) < 4.78 is 5.23. The molecule has 0 aliphatic carbocycles. The third-order valence-electron chi connectivity index (χ3n) is 3.71. The van der Waals surface area contributed by atoms with Crippen molar-refractivity contribution >= 4 is 23.2 Å². The monoisotopic (exact) mass is 279 g/mol. The molecule has 0 aromatic heterocycles. The number of methoxy groups -OCH3 is 1. The van der Waals surface area contributed by atoms with Gasteiger partial charge in [-0.3, -0.25) is 0 Å². The zero-order valence-corrected chi connectivity index (χ0v) is 12.5. The van der Waals surface area contributed by atoms with Crippen LogP contribution in [-0.4, -0.2) is 7.11 Å². The molecule has 2 nitrogen and oxygen atoms in total. The Kier molecular flexibility index (Phi) is 5.64. The van der Waals surface area contributed by atoms with Crippen LogP contribution in [0.2, 0.25) is 0 Å². The van der Waals surface area contributed by atoms with Gasteiger partial charge in [-0.1, -0.05) is 38.5 Å². The molecule has 2 aromatic rings. The van der Waals surface area contributed by atoms with Gasteiger partial charge in [-0.05, 0) is 40.5 Å². The predicted octanol–water partition coefficient (Wildman–Crippen LogP) is 4.32. The van der Waals surface area contributed by atoms with Gasteiger partial charge in [-0.15, -0.1) is 12.4 Å². The van der Waals surface area contributed by atoms with Gasteiger partial charge in [0.2, 0.25) is 0 Å². The van der Waals surface area contributed by atoms with Gasteiger partial charge in [0.05, 0.1) is 7.11 Å². The molecule has 0 saturated heterocycles. The summed E-state index contributed by atoms with van der Waals surface area (Å²) in [5.41, 5.74) is 7.48. The Morgan fingerprint density at radius 2 is 1.74 bits per heavy atom. The lowest BCUT2D eigenvalue weighted by Gasteiger charge is -2.19. The lowest BCUT2D eigenvalue weighted by molar-refractivity contribution is 0.415. The summed E-state index contributed by atoms with van der Waals surface area (Å²) in [6, 6.07) is 12.7. The molecule has 2 atom stereocenters. The van der Waals surface area contributed by atoms with Crippen LogP contribution in [0.4, 0.5) is 0 Å². The van der Waals surface area contributed by atoms with Crippen LogP contribution < -0.4 is 10.5 Å². The first-order valence-corrected chi connectivity index (χ1v) is 6.49.